The number of benzene rings is 1. The van der Waals surface area contributed by atoms with E-state index in [1.807, 2.05) is 0 Å². The van der Waals surface area contributed by atoms with E-state index in [0.717, 1.165) is 19.4 Å². The number of sulfonamides is 1. The average Bonchev–Trinajstić information content (AvgIpc) is 2.99. The number of Topliss-reactive ketones (excluding diaryl/α,β-unsaturated/α-hetero) is 1. The van der Waals surface area contributed by atoms with Crippen LogP contribution >= 0.6 is 0 Å². The highest BCUT2D eigenvalue weighted by atomic mass is 32.2. The van der Waals surface area contributed by atoms with Crippen LogP contribution in [0.15, 0.2) is 29.2 Å². The highest BCUT2D eigenvalue weighted by Gasteiger charge is 2.18. The zero-order valence-corrected chi connectivity index (χ0v) is 13.0. The number of ketones is 1. The van der Waals surface area contributed by atoms with Gasteiger partial charge in [-0.15, -0.1) is 0 Å². The number of carbonyl (C=O) groups is 1. The summed E-state index contributed by atoms with van der Waals surface area (Å²) in [5.74, 6) is -0.0635. The summed E-state index contributed by atoms with van der Waals surface area (Å²) in [5.41, 5.74) is 0.430. The largest absolute Gasteiger partial charge is 0.378 e. The lowest BCUT2D eigenvalue weighted by Gasteiger charge is -2.11. The molecule has 1 aromatic carbocycles. The fourth-order valence-electron chi connectivity index (χ4n) is 2.35. The molecule has 1 aliphatic heterocycles. The zero-order chi connectivity index (χ0) is 15.3. The average molecular weight is 311 g/mol. The van der Waals surface area contributed by atoms with Gasteiger partial charge in [-0.05, 0) is 31.4 Å². The normalized spacial score (nSPS) is 18.8. The van der Waals surface area contributed by atoms with Crippen molar-refractivity contribution in [2.45, 2.75) is 43.6 Å². The summed E-state index contributed by atoms with van der Waals surface area (Å²) in [6, 6.07) is 6.16. The molecule has 1 unspecified atom stereocenters. The third kappa shape index (κ3) is 4.36. The first-order valence-electron chi connectivity index (χ1n) is 7.27. The maximum atomic E-state index is 12.2. The maximum Gasteiger partial charge on any atom is 0.240 e. The van der Waals surface area contributed by atoms with Crippen molar-refractivity contribution in [2.24, 2.45) is 0 Å². The molecule has 6 heteroatoms. The number of hydrogen-bond donors (Lipinski definition) is 1. The molecule has 0 radical (unpaired) electrons. The molecule has 1 fully saturated rings. The fourth-order valence-corrected chi connectivity index (χ4v) is 3.44. The minimum Gasteiger partial charge on any atom is -0.378 e. The molecule has 1 aromatic rings. The second kappa shape index (κ2) is 7.15. The summed E-state index contributed by atoms with van der Waals surface area (Å²) in [6.07, 6.45) is 3.21. The van der Waals surface area contributed by atoms with Crippen LogP contribution in [0.5, 0.6) is 0 Å². The molecule has 0 aromatic heterocycles. The first-order chi connectivity index (χ1) is 10.0. The highest BCUT2D eigenvalue weighted by Crippen LogP contribution is 2.16. The van der Waals surface area contributed by atoms with Crippen LogP contribution in [0.1, 0.15) is 43.0 Å². The number of ether oxygens (including phenoxy) is 1. The maximum absolute atomic E-state index is 12.2. The molecule has 1 atom stereocenters. The molecule has 1 saturated heterocycles. The summed E-state index contributed by atoms with van der Waals surface area (Å²) < 4.78 is 32.4. The van der Waals surface area contributed by atoms with Crippen molar-refractivity contribution in [1.29, 1.82) is 0 Å². The van der Waals surface area contributed by atoms with Crippen LogP contribution in [0.4, 0.5) is 0 Å². The molecular formula is C15H21NO4S. The molecule has 0 spiro atoms. The van der Waals surface area contributed by atoms with Gasteiger partial charge in [-0.1, -0.05) is 19.1 Å². The third-order valence-corrected chi connectivity index (χ3v) is 5.03. The Labute approximate surface area is 125 Å². The Bertz CT molecular complexity index is 591. The summed E-state index contributed by atoms with van der Waals surface area (Å²) in [4.78, 5) is 11.8. The molecule has 21 heavy (non-hydrogen) atoms. The van der Waals surface area contributed by atoms with Crippen molar-refractivity contribution in [3.8, 4) is 0 Å². The Hall–Kier alpha value is -1.24. The first-order valence-corrected chi connectivity index (χ1v) is 8.76. The molecule has 0 aliphatic carbocycles. The van der Waals surface area contributed by atoms with Gasteiger partial charge in [0.05, 0.1) is 11.0 Å². The smallest absolute Gasteiger partial charge is 0.240 e. The molecular weight excluding hydrogens is 290 g/mol. The van der Waals surface area contributed by atoms with Gasteiger partial charge in [0.1, 0.15) is 0 Å². The zero-order valence-electron chi connectivity index (χ0n) is 12.2. The van der Waals surface area contributed by atoms with E-state index in [1.165, 1.54) is 12.1 Å². The number of rotatable bonds is 7. The van der Waals surface area contributed by atoms with Gasteiger partial charge in [0.25, 0.3) is 0 Å². The van der Waals surface area contributed by atoms with Gasteiger partial charge in [-0.25, -0.2) is 13.1 Å². The number of hydrogen-bond acceptors (Lipinski definition) is 4. The molecule has 1 aliphatic rings. The predicted molar refractivity (Wildman–Crippen MR) is 79.8 cm³/mol. The van der Waals surface area contributed by atoms with Crippen LogP contribution in [0.3, 0.4) is 0 Å². The minimum absolute atomic E-state index is 0.0635. The number of carbonyl (C=O) groups excluding carboxylic acids is 1. The lowest BCUT2D eigenvalue weighted by Crippen LogP contribution is -2.27. The fraction of sp³-hybridized carbons (Fsp3) is 0.533. The second-order valence-electron chi connectivity index (χ2n) is 5.13. The molecule has 0 amide bonds. The second-order valence-corrected chi connectivity index (χ2v) is 6.89. The Morgan fingerprint density at radius 3 is 2.90 bits per heavy atom. The monoisotopic (exact) mass is 311 g/mol. The number of nitrogens with one attached hydrogen (secondary N) is 1. The Morgan fingerprint density at radius 2 is 2.24 bits per heavy atom. The minimum atomic E-state index is -3.57. The van der Waals surface area contributed by atoms with Crippen molar-refractivity contribution in [3.63, 3.8) is 0 Å². The van der Waals surface area contributed by atoms with E-state index in [2.05, 4.69) is 4.72 Å². The lowest BCUT2D eigenvalue weighted by atomic mass is 10.1. The van der Waals surface area contributed by atoms with Crippen LogP contribution in [-0.4, -0.2) is 33.5 Å². The quantitative estimate of drug-likeness (QED) is 0.783. The molecule has 1 N–H and O–H groups in total. The standard InChI is InChI=1S/C15H21NO4S/c1-2-15(17)12-5-3-7-14(11-12)21(18,19)16-9-8-13-6-4-10-20-13/h3,5,7,11,13,16H,2,4,6,8-10H2,1H3. The molecule has 1 heterocycles. The van der Waals surface area contributed by atoms with E-state index in [4.69, 9.17) is 4.74 Å². The van der Waals surface area contributed by atoms with Crippen molar-refractivity contribution < 1.29 is 17.9 Å². The Balaban J connectivity index is 1.99. The topological polar surface area (TPSA) is 72.5 Å². The van der Waals surface area contributed by atoms with Gasteiger partial charge < -0.3 is 4.74 Å². The van der Waals surface area contributed by atoms with Crippen LogP contribution in [0, 0.1) is 0 Å². The summed E-state index contributed by atoms with van der Waals surface area (Å²) in [5, 5.41) is 0. The summed E-state index contributed by atoms with van der Waals surface area (Å²) >= 11 is 0. The van der Waals surface area contributed by atoms with Crippen molar-refractivity contribution in [2.75, 3.05) is 13.2 Å². The molecule has 0 saturated carbocycles. The van der Waals surface area contributed by atoms with E-state index in [0.29, 0.717) is 24.9 Å². The van der Waals surface area contributed by atoms with E-state index < -0.39 is 10.0 Å². The summed E-state index contributed by atoms with van der Waals surface area (Å²) in [6.45, 7) is 2.86. The van der Waals surface area contributed by atoms with Gasteiger partial charge in [0, 0.05) is 25.1 Å². The van der Waals surface area contributed by atoms with Gasteiger partial charge in [0.2, 0.25) is 10.0 Å². The lowest BCUT2D eigenvalue weighted by molar-refractivity contribution is 0.0988. The predicted octanol–water partition coefficient (Wildman–Crippen LogP) is 2.13. The van der Waals surface area contributed by atoms with E-state index in [-0.39, 0.29) is 16.8 Å². The van der Waals surface area contributed by atoms with Gasteiger partial charge in [0.15, 0.2) is 5.78 Å². The van der Waals surface area contributed by atoms with E-state index in [1.54, 1.807) is 19.1 Å². The van der Waals surface area contributed by atoms with E-state index >= 15 is 0 Å². The van der Waals surface area contributed by atoms with Gasteiger partial charge in [-0.2, -0.15) is 0 Å². The SMILES string of the molecule is CCC(=O)c1cccc(S(=O)(=O)NCCC2CCCO2)c1. The molecule has 0 bridgehead atoms. The van der Waals surface area contributed by atoms with Crippen molar-refractivity contribution >= 4 is 15.8 Å². The molecule has 2 rings (SSSR count). The van der Waals surface area contributed by atoms with E-state index in [9.17, 15) is 13.2 Å². The third-order valence-electron chi connectivity index (χ3n) is 3.57. The Morgan fingerprint density at radius 1 is 1.43 bits per heavy atom. The van der Waals surface area contributed by atoms with Gasteiger partial charge in [-0.3, -0.25) is 4.79 Å². The van der Waals surface area contributed by atoms with Crippen LogP contribution in [-0.2, 0) is 14.8 Å². The molecule has 5 nitrogen and oxygen atoms in total. The Kier molecular flexibility index (Phi) is 5.50. The van der Waals surface area contributed by atoms with Gasteiger partial charge >= 0.3 is 0 Å². The van der Waals surface area contributed by atoms with Crippen molar-refractivity contribution in [1.82, 2.24) is 4.72 Å². The highest BCUT2D eigenvalue weighted by molar-refractivity contribution is 7.89. The van der Waals surface area contributed by atoms with Crippen LogP contribution in [0.2, 0.25) is 0 Å². The van der Waals surface area contributed by atoms with Crippen LogP contribution < -0.4 is 4.72 Å². The molecule has 116 valence electrons. The van der Waals surface area contributed by atoms with Crippen molar-refractivity contribution in [3.05, 3.63) is 29.8 Å². The summed E-state index contributed by atoms with van der Waals surface area (Å²) in [7, 11) is -3.57. The first kappa shape index (κ1) is 16.1. The van der Waals surface area contributed by atoms with Crippen LogP contribution in [0.25, 0.3) is 0 Å².